The van der Waals surface area contributed by atoms with E-state index in [-0.39, 0.29) is 12.5 Å². The number of urea groups is 1. The highest BCUT2D eigenvalue weighted by molar-refractivity contribution is 5.74. The maximum Gasteiger partial charge on any atom is 0.317 e. The lowest BCUT2D eigenvalue weighted by Crippen LogP contribution is -2.48. The van der Waals surface area contributed by atoms with Gasteiger partial charge in [0, 0.05) is 25.6 Å². The van der Waals surface area contributed by atoms with E-state index in [1.54, 1.807) is 0 Å². The van der Waals surface area contributed by atoms with E-state index in [2.05, 4.69) is 12.2 Å². The number of rotatable bonds is 9. The highest BCUT2D eigenvalue weighted by atomic mass is 16.4. The van der Waals surface area contributed by atoms with Crippen molar-refractivity contribution in [2.45, 2.75) is 77.2 Å². The van der Waals surface area contributed by atoms with Gasteiger partial charge in [-0.05, 0) is 38.5 Å². The number of carboxylic acids is 1. The molecule has 1 unspecified atom stereocenters. The van der Waals surface area contributed by atoms with Crippen LogP contribution in [0.1, 0.15) is 71.1 Å². The molecular formula is C16H30N2O3. The van der Waals surface area contributed by atoms with Gasteiger partial charge in [0.1, 0.15) is 0 Å². The Labute approximate surface area is 128 Å². The molecule has 0 aromatic rings. The molecule has 5 nitrogen and oxygen atoms in total. The summed E-state index contributed by atoms with van der Waals surface area (Å²) < 4.78 is 0. The molecule has 0 bridgehead atoms. The monoisotopic (exact) mass is 298 g/mol. The molecule has 1 rings (SSSR count). The molecule has 122 valence electrons. The standard InChI is InChI=1S/C16H30N2O3/c1-2-9-14-10-6-8-13-18(14)16(21)17-12-7-4-3-5-11-15(19)20/h14H,2-13H2,1H3,(H,17,21)(H,19,20). The predicted molar refractivity (Wildman–Crippen MR) is 83.4 cm³/mol. The van der Waals surface area contributed by atoms with Crippen molar-refractivity contribution in [3.8, 4) is 0 Å². The van der Waals surface area contributed by atoms with Crippen molar-refractivity contribution in [1.82, 2.24) is 10.2 Å². The minimum absolute atomic E-state index is 0.0821. The lowest BCUT2D eigenvalue weighted by molar-refractivity contribution is -0.137. The first-order valence-corrected chi connectivity index (χ1v) is 8.41. The van der Waals surface area contributed by atoms with Crippen molar-refractivity contribution in [1.29, 1.82) is 0 Å². The van der Waals surface area contributed by atoms with Crippen LogP contribution in [0.25, 0.3) is 0 Å². The van der Waals surface area contributed by atoms with Crippen LogP contribution in [0.5, 0.6) is 0 Å². The van der Waals surface area contributed by atoms with Gasteiger partial charge in [-0.15, -0.1) is 0 Å². The quantitative estimate of drug-likeness (QED) is 0.641. The highest BCUT2D eigenvalue weighted by Crippen LogP contribution is 2.20. The Hall–Kier alpha value is -1.26. The van der Waals surface area contributed by atoms with E-state index < -0.39 is 5.97 Å². The van der Waals surface area contributed by atoms with Gasteiger partial charge in [-0.3, -0.25) is 4.79 Å². The van der Waals surface area contributed by atoms with Crippen LogP contribution in [0.4, 0.5) is 4.79 Å². The molecule has 1 aliphatic heterocycles. The number of unbranched alkanes of at least 4 members (excludes halogenated alkanes) is 3. The Morgan fingerprint density at radius 1 is 1.19 bits per heavy atom. The van der Waals surface area contributed by atoms with Crippen LogP contribution in [-0.4, -0.2) is 41.1 Å². The van der Waals surface area contributed by atoms with Gasteiger partial charge in [-0.2, -0.15) is 0 Å². The summed E-state index contributed by atoms with van der Waals surface area (Å²) in [6, 6.07) is 0.498. The third kappa shape index (κ3) is 7.34. The van der Waals surface area contributed by atoms with E-state index in [9.17, 15) is 9.59 Å². The summed E-state index contributed by atoms with van der Waals surface area (Å²) in [4.78, 5) is 24.6. The number of nitrogens with one attached hydrogen (secondary N) is 1. The number of likely N-dealkylation sites (tertiary alicyclic amines) is 1. The van der Waals surface area contributed by atoms with Crippen molar-refractivity contribution in [2.75, 3.05) is 13.1 Å². The van der Waals surface area contributed by atoms with Gasteiger partial charge >= 0.3 is 12.0 Å². The van der Waals surface area contributed by atoms with Crippen LogP contribution >= 0.6 is 0 Å². The van der Waals surface area contributed by atoms with Crippen LogP contribution in [0.15, 0.2) is 0 Å². The molecule has 1 fully saturated rings. The summed E-state index contributed by atoms with van der Waals surface area (Å²) in [6.45, 7) is 3.75. The molecule has 1 aliphatic rings. The van der Waals surface area contributed by atoms with E-state index in [0.717, 1.165) is 57.9 Å². The molecule has 0 aromatic heterocycles. The minimum Gasteiger partial charge on any atom is -0.481 e. The number of hydrogen-bond acceptors (Lipinski definition) is 2. The Kier molecular flexibility index (Phi) is 8.87. The maximum absolute atomic E-state index is 12.2. The number of carbonyl (C=O) groups excluding carboxylic acids is 1. The molecule has 0 aromatic carbocycles. The summed E-state index contributed by atoms with van der Waals surface area (Å²) in [5, 5.41) is 11.6. The predicted octanol–water partition coefficient (Wildman–Crippen LogP) is 3.39. The first kappa shape index (κ1) is 17.8. The van der Waals surface area contributed by atoms with E-state index >= 15 is 0 Å². The number of piperidine rings is 1. The molecule has 2 amide bonds. The average molecular weight is 298 g/mol. The van der Waals surface area contributed by atoms with Crippen LogP contribution < -0.4 is 5.32 Å². The maximum atomic E-state index is 12.2. The lowest BCUT2D eigenvalue weighted by atomic mass is 9.99. The normalized spacial score (nSPS) is 18.5. The smallest absolute Gasteiger partial charge is 0.317 e. The molecular weight excluding hydrogens is 268 g/mol. The fourth-order valence-electron chi connectivity index (χ4n) is 2.95. The number of hydrogen-bond donors (Lipinski definition) is 2. The molecule has 0 aliphatic carbocycles. The number of amides is 2. The van der Waals surface area contributed by atoms with Crippen LogP contribution in [0.3, 0.4) is 0 Å². The molecule has 21 heavy (non-hydrogen) atoms. The minimum atomic E-state index is -0.727. The van der Waals surface area contributed by atoms with Crippen molar-refractivity contribution < 1.29 is 14.7 Å². The van der Waals surface area contributed by atoms with Crippen molar-refractivity contribution >= 4 is 12.0 Å². The molecule has 0 saturated carbocycles. The fraction of sp³-hybridized carbons (Fsp3) is 0.875. The average Bonchev–Trinajstić information content (AvgIpc) is 2.46. The number of carbonyl (C=O) groups is 2. The number of aliphatic carboxylic acids is 1. The second kappa shape index (κ2) is 10.5. The molecule has 1 atom stereocenters. The van der Waals surface area contributed by atoms with Gasteiger partial charge in [0.2, 0.25) is 0 Å². The van der Waals surface area contributed by atoms with Crippen LogP contribution in [0, 0.1) is 0 Å². The SMILES string of the molecule is CCCC1CCCCN1C(=O)NCCCCCCC(=O)O. The molecule has 0 radical (unpaired) electrons. The zero-order valence-electron chi connectivity index (χ0n) is 13.3. The van der Waals surface area contributed by atoms with E-state index in [0.29, 0.717) is 12.6 Å². The van der Waals surface area contributed by atoms with E-state index in [4.69, 9.17) is 5.11 Å². The molecule has 1 saturated heterocycles. The zero-order valence-corrected chi connectivity index (χ0v) is 13.3. The topological polar surface area (TPSA) is 69.6 Å². The molecule has 1 heterocycles. The fourth-order valence-corrected chi connectivity index (χ4v) is 2.95. The Balaban J connectivity index is 2.13. The van der Waals surface area contributed by atoms with Crippen molar-refractivity contribution in [3.63, 3.8) is 0 Å². The Morgan fingerprint density at radius 2 is 1.95 bits per heavy atom. The Bertz CT molecular complexity index is 319. The summed E-state index contributed by atoms with van der Waals surface area (Å²) in [6.07, 6.45) is 9.51. The van der Waals surface area contributed by atoms with Crippen molar-refractivity contribution in [2.24, 2.45) is 0 Å². The van der Waals surface area contributed by atoms with Gasteiger partial charge < -0.3 is 15.3 Å². The second-order valence-electron chi connectivity index (χ2n) is 5.92. The molecule has 5 heteroatoms. The summed E-state index contributed by atoms with van der Waals surface area (Å²) in [7, 11) is 0. The number of carboxylic acid groups (broad SMARTS) is 1. The van der Waals surface area contributed by atoms with Crippen LogP contribution in [-0.2, 0) is 4.79 Å². The Morgan fingerprint density at radius 3 is 2.67 bits per heavy atom. The first-order valence-electron chi connectivity index (χ1n) is 8.41. The summed E-state index contributed by atoms with van der Waals surface area (Å²) >= 11 is 0. The van der Waals surface area contributed by atoms with Gasteiger partial charge in [0.15, 0.2) is 0 Å². The summed E-state index contributed by atoms with van der Waals surface area (Å²) in [5.74, 6) is -0.727. The van der Waals surface area contributed by atoms with Gasteiger partial charge in [-0.25, -0.2) is 4.79 Å². The molecule has 2 N–H and O–H groups in total. The number of nitrogens with zero attached hydrogens (tertiary/aromatic N) is 1. The zero-order chi connectivity index (χ0) is 15.5. The van der Waals surface area contributed by atoms with Crippen molar-refractivity contribution in [3.05, 3.63) is 0 Å². The van der Waals surface area contributed by atoms with Gasteiger partial charge in [0.05, 0.1) is 0 Å². The molecule has 0 spiro atoms. The van der Waals surface area contributed by atoms with E-state index in [1.165, 1.54) is 6.42 Å². The van der Waals surface area contributed by atoms with Crippen LogP contribution in [0.2, 0.25) is 0 Å². The first-order chi connectivity index (χ1) is 10.1. The van der Waals surface area contributed by atoms with E-state index in [1.807, 2.05) is 4.90 Å². The highest BCUT2D eigenvalue weighted by Gasteiger charge is 2.25. The largest absolute Gasteiger partial charge is 0.481 e. The second-order valence-corrected chi connectivity index (χ2v) is 5.92. The third-order valence-corrected chi connectivity index (χ3v) is 4.10. The lowest BCUT2D eigenvalue weighted by Gasteiger charge is -2.35. The summed E-state index contributed by atoms with van der Waals surface area (Å²) in [5.41, 5.74) is 0. The van der Waals surface area contributed by atoms with Gasteiger partial charge in [0.25, 0.3) is 0 Å². The van der Waals surface area contributed by atoms with Gasteiger partial charge in [-0.1, -0.05) is 26.2 Å². The third-order valence-electron chi connectivity index (χ3n) is 4.10.